The van der Waals surface area contributed by atoms with Gasteiger partial charge in [0.25, 0.3) is 5.91 Å². The molecule has 3 aromatic rings. The van der Waals surface area contributed by atoms with Crippen LogP contribution < -0.4 is 10.8 Å². The number of nitrogens with one attached hydrogen (secondary N) is 2. The molecule has 0 saturated heterocycles. The zero-order chi connectivity index (χ0) is 22.0. The number of hydrogen-bond acceptors (Lipinski definition) is 4. The number of hydroxylamine groups is 1. The van der Waals surface area contributed by atoms with Crippen LogP contribution in [0, 0.1) is 25.6 Å². The van der Waals surface area contributed by atoms with Crippen LogP contribution in [0.5, 0.6) is 0 Å². The fraction of sp³-hybridized carbons (Fsp3) is 0.333. The van der Waals surface area contributed by atoms with Gasteiger partial charge in [-0.05, 0) is 56.7 Å². The first kappa shape index (κ1) is 21.1. The van der Waals surface area contributed by atoms with Crippen molar-refractivity contribution in [1.29, 1.82) is 0 Å². The summed E-state index contributed by atoms with van der Waals surface area (Å²) in [5, 5.41) is 3.12. The predicted octanol–water partition coefficient (Wildman–Crippen LogP) is 5.18. The lowest BCUT2D eigenvalue weighted by Crippen LogP contribution is -2.26. The molecule has 1 aliphatic rings. The zero-order valence-electron chi connectivity index (χ0n) is 17.9. The second-order valence-corrected chi connectivity index (χ2v) is 8.13. The number of benzene rings is 2. The summed E-state index contributed by atoms with van der Waals surface area (Å²) in [6, 6.07) is 7.48. The van der Waals surface area contributed by atoms with Crippen LogP contribution in [0.4, 0.5) is 15.8 Å². The Morgan fingerprint density at radius 3 is 2.87 bits per heavy atom. The van der Waals surface area contributed by atoms with Crippen molar-refractivity contribution in [2.24, 2.45) is 5.92 Å². The van der Waals surface area contributed by atoms with Crippen molar-refractivity contribution in [2.75, 3.05) is 11.9 Å². The smallest absolute Gasteiger partial charge is 0.277 e. The summed E-state index contributed by atoms with van der Waals surface area (Å²) >= 11 is 0. The SMILES string of the molecule is C=CCCn1cnc2c(F)c(Nc3ccc(C)cc3C)c(C(=O)NOCC3CC3)cc21. The van der Waals surface area contributed by atoms with E-state index in [-0.39, 0.29) is 16.8 Å². The summed E-state index contributed by atoms with van der Waals surface area (Å²) in [5.41, 5.74) is 6.27. The van der Waals surface area contributed by atoms with Gasteiger partial charge in [-0.25, -0.2) is 14.9 Å². The molecule has 1 aromatic heterocycles. The second kappa shape index (κ2) is 8.89. The third-order valence-electron chi connectivity index (χ3n) is 5.50. The van der Waals surface area contributed by atoms with Crippen LogP contribution in [0.3, 0.4) is 0 Å². The average Bonchev–Trinajstić information content (AvgIpc) is 3.48. The number of hydrogen-bond donors (Lipinski definition) is 2. The normalized spacial score (nSPS) is 13.4. The van der Waals surface area contributed by atoms with Gasteiger partial charge in [-0.1, -0.05) is 23.8 Å². The van der Waals surface area contributed by atoms with E-state index in [9.17, 15) is 4.79 Å². The van der Waals surface area contributed by atoms with Crippen molar-refractivity contribution < 1.29 is 14.0 Å². The Morgan fingerprint density at radius 2 is 2.16 bits per heavy atom. The molecule has 7 heteroatoms. The summed E-state index contributed by atoms with van der Waals surface area (Å²) in [6.45, 7) is 8.73. The Labute approximate surface area is 181 Å². The Kier molecular flexibility index (Phi) is 6.04. The second-order valence-electron chi connectivity index (χ2n) is 8.13. The molecule has 0 bridgehead atoms. The highest BCUT2D eigenvalue weighted by atomic mass is 19.1. The number of anilines is 2. The first-order valence-electron chi connectivity index (χ1n) is 10.5. The number of rotatable bonds is 9. The Balaban J connectivity index is 1.74. The molecule has 0 spiro atoms. The number of nitrogens with zero attached hydrogens (tertiary/aromatic N) is 2. The number of carbonyl (C=O) groups is 1. The van der Waals surface area contributed by atoms with Gasteiger partial charge in [-0.3, -0.25) is 9.63 Å². The summed E-state index contributed by atoms with van der Waals surface area (Å²) in [4.78, 5) is 22.6. The highest BCUT2D eigenvalue weighted by Crippen LogP contribution is 2.32. The molecule has 1 heterocycles. The first-order chi connectivity index (χ1) is 15.0. The van der Waals surface area contributed by atoms with Crippen LogP contribution in [0.1, 0.15) is 40.7 Å². The number of allylic oxidation sites excluding steroid dienone is 1. The fourth-order valence-electron chi connectivity index (χ4n) is 3.52. The molecule has 31 heavy (non-hydrogen) atoms. The highest BCUT2D eigenvalue weighted by molar-refractivity contribution is 6.04. The van der Waals surface area contributed by atoms with Gasteiger partial charge in [0.05, 0.1) is 29.7 Å². The van der Waals surface area contributed by atoms with E-state index >= 15 is 4.39 Å². The van der Waals surface area contributed by atoms with E-state index < -0.39 is 11.7 Å². The van der Waals surface area contributed by atoms with Gasteiger partial charge in [0.2, 0.25) is 0 Å². The Morgan fingerprint density at radius 1 is 1.35 bits per heavy atom. The number of aryl methyl sites for hydroxylation is 3. The molecule has 2 N–H and O–H groups in total. The topological polar surface area (TPSA) is 68.2 Å². The Hall–Kier alpha value is -3.19. The van der Waals surface area contributed by atoms with Gasteiger partial charge >= 0.3 is 0 Å². The minimum Gasteiger partial charge on any atom is -0.352 e. The molecule has 0 aliphatic heterocycles. The number of fused-ring (bicyclic) bond motifs is 1. The number of imidazole rings is 1. The van der Waals surface area contributed by atoms with Crippen molar-refractivity contribution in [3.05, 3.63) is 65.8 Å². The van der Waals surface area contributed by atoms with Crippen molar-refractivity contribution in [2.45, 2.75) is 39.7 Å². The molecule has 0 atom stereocenters. The van der Waals surface area contributed by atoms with E-state index in [2.05, 4.69) is 22.4 Å². The lowest BCUT2D eigenvalue weighted by atomic mass is 10.1. The van der Waals surface area contributed by atoms with E-state index in [1.807, 2.05) is 36.6 Å². The minimum atomic E-state index is -0.567. The maximum atomic E-state index is 15.6. The van der Waals surface area contributed by atoms with Crippen LogP contribution >= 0.6 is 0 Å². The summed E-state index contributed by atoms with van der Waals surface area (Å²) < 4.78 is 17.4. The van der Waals surface area contributed by atoms with E-state index in [0.29, 0.717) is 31.0 Å². The summed E-state index contributed by atoms with van der Waals surface area (Å²) in [5.74, 6) is -0.569. The minimum absolute atomic E-state index is 0.0842. The highest BCUT2D eigenvalue weighted by Gasteiger charge is 2.24. The van der Waals surface area contributed by atoms with Crippen LogP contribution in [-0.2, 0) is 11.4 Å². The monoisotopic (exact) mass is 422 g/mol. The molecule has 1 amide bonds. The van der Waals surface area contributed by atoms with Crippen molar-refractivity contribution in [1.82, 2.24) is 15.0 Å². The fourth-order valence-corrected chi connectivity index (χ4v) is 3.52. The van der Waals surface area contributed by atoms with E-state index in [1.165, 1.54) is 0 Å². The third-order valence-corrected chi connectivity index (χ3v) is 5.50. The van der Waals surface area contributed by atoms with Crippen molar-refractivity contribution in [3.63, 3.8) is 0 Å². The predicted molar refractivity (Wildman–Crippen MR) is 120 cm³/mol. The first-order valence-corrected chi connectivity index (χ1v) is 10.5. The van der Waals surface area contributed by atoms with E-state index in [0.717, 1.165) is 29.7 Å². The average molecular weight is 423 g/mol. The maximum absolute atomic E-state index is 15.6. The molecule has 162 valence electrons. The van der Waals surface area contributed by atoms with Gasteiger partial charge < -0.3 is 9.88 Å². The molecule has 0 radical (unpaired) electrons. The molecule has 4 rings (SSSR count). The van der Waals surface area contributed by atoms with E-state index in [1.54, 1.807) is 18.5 Å². The van der Waals surface area contributed by atoms with E-state index in [4.69, 9.17) is 4.84 Å². The van der Waals surface area contributed by atoms with Gasteiger partial charge in [-0.2, -0.15) is 0 Å². The van der Waals surface area contributed by atoms with Gasteiger partial charge in [-0.15, -0.1) is 6.58 Å². The number of halogens is 1. The Bertz CT molecular complexity index is 1130. The zero-order valence-corrected chi connectivity index (χ0v) is 17.9. The number of carbonyl (C=O) groups excluding carboxylic acids is 1. The van der Waals surface area contributed by atoms with Crippen molar-refractivity contribution in [3.8, 4) is 0 Å². The molecule has 0 unspecified atom stereocenters. The van der Waals surface area contributed by atoms with Crippen LogP contribution in [-0.4, -0.2) is 22.1 Å². The van der Waals surface area contributed by atoms with Crippen LogP contribution in [0.25, 0.3) is 11.0 Å². The standard InChI is InChI=1S/C24H27FN4O2/c1-4-5-10-29-14-26-23-20(29)12-18(24(30)28-31-13-17-7-8-17)22(21(23)25)27-19-9-6-15(2)11-16(19)3/h4,6,9,11-12,14,17,27H,1,5,7-8,10,13H2,2-3H3,(H,28,30). The lowest BCUT2D eigenvalue weighted by molar-refractivity contribution is 0.0271. The van der Waals surface area contributed by atoms with Crippen LogP contribution in [0.15, 0.2) is 43.2 Å². The lowest BCUT2D eigenvalue weighted by Gasteiger charge is -2.16. The van der Waals surface area contributed by atoms with Crippen LogP contribution in [0.2, 0.25) is 0 Å². The van der Waals surface area contributed by atoms with Gasteiger partial charge in [0.1, 0.15) is 5.52 Å². The number of aromatic nitrogens is 2. The summed E-state index contributed by atoms with van der Waals surface area (Å²) in [7, 11) is 0. The van der Waals surface area contributed by atoms with Gasteiger partial charge in [0, 0.05) is 12.2 Å². The maximum Gasteiger partial charge on any atom is 0.277 e. The summed E-state index contributed by atoms with van der Waals surface area (Å²) in [6.07, 6.45) is 6.31. The largest absolute Gasteiger partial charge is 0.352 e. The number of amides is 1. The van der Waals surface area contributed by atoms with Gasteiger partial charge in [0.15, 0.2) is 5.82 Å². The van der Waals surface area contributed by atoms with Crippen molar-refractivity contribution >= 4 is 28.3 Å². The molecule has 1 fully saturated rings. The molecule has 2 aromatic carbocycles. The third kappa shape index (κ3) is 4.61. The molecule has 1 aliphatic carbocycles. The molecule has 1 saturated carbocycles. The molecular formula is C24H27FN4O2. The quantitative estimate of drug-likeness (QED) is 0.368. The molecule has 6 nitrogen and oxygen atoms in total. The molecular weight excluding hydrogens is 395 g/mol.